The van der Waals surface area contributed by atoms with Crippen LogP contribution in [0.25, 0.3) is 0 Å². The number of carbonyl (C=O) groups excluding carboxylic acids is 1. The summed E-state index contributed by atoms with van der Waals surface area (Å²) in [4.78, 5) is 24.3. The molecule has 0 aliphatic carbocycles. The minimum absolute atomic E-state index is 0.0226. The van der Waals surface area contributed by atoms with E-state index in [1.807, 2.05) is 54.6 Å². The summed E-state index contributed by atoms with van der Waals surface area (Å²) in [5, 5.41) is 7.02. The average Bonchev–Trinajstić information content (AvgIpc) is 3.00. The maximum atomic E-state index is 12.3. The van der Waals surface area contributed by atoms with Crippen molar-refractivity contribution in [3.05, 3.63) is 81.8 Å². The lowest BCUT2D eigenvalue weighted by molar-refractivity contribution is 0.102. The van der Waals surface area contributed by atoms with E-state index < -0.39 is 0 Å². The van der Waals surface area contributed by atoms with Gasteiger partial charge in [-0.1, -0.05) is 73.3 Å². The van der Waals surface area contributed by atoms with Crippen molar-refractivity contribution in [2.75, 3.05) is 5.75 Å². The number of aromatic nitrogens is 3. The molecule has 0 bridgehead atoms. The van der Waals surface area contributed by atoms with Crippen molar-refractivity contribution in [3.8, 4) is 0 Å². The van der Waals surface area contributed by atoms with Crippen molar-refractivity contribution in [3.63, 3.8) is 0 Å². The van der Waals surface area contributed by atoms with Gasteiger partial charge in [-0.05, 0) is 17.5 Å². The van der Waals surface area contributed by atoms with Crippen molar-refractivity contribution >= 4 is 17.5 Å². The molecule has 0 atom stereocenters. The van der Waals surface area contributed by atoms with Crippen LogP contribution in [0.5, 0.6) is 0 Å². The SMILES string of the molecule is CCc1ccc(C(=O)CSc2n[nH]c(=O)n2Cc2ccccc2)cc1. The number of rotatable bonds is 7. The summed E-state index contributed by atoms with van der Waals surface area (Å²) in [6.07, 6.45) is 0.947. The first-order chi connectivity index (χ1) is 12.2. The molecule has 1 heterocycles. The fourth-order valence-electron chi connectivity index (χ4n) is 2.46. The Morgan fingerprint density at radius 3 is 2.48 bits per heavy atom. The molecule has 0 fully saturated rings. The summed E-state index contributed by atoms with van der Waals surface area (Å²) >= 11 is 1.27. The van der Waals surface area contributed by atoms with Crippen LogP contribution in [0.15, 0.2) is 64.5 Å². The minimum Gasteiger partial charge on any atom is -0.293 e. The summed E-state index contributed by atoms with van der Waals surface area (Å²) in [6, 6.07) is 17.3. The number of benzene rings is 2. The van der Waals surface area contributed by atoms with Gasteiger partial charge < -0.3 is 0 Å². The fraction of sp³-hybridized carbons (Fsp3) is 0.211. The first-order valence-corrected chi connectivity index (χ1v) is 9.10. The third-order valence-electron chi connectivity index (χ3n) is 3.92. The molecule has 6 heteroatoms. The number of aromatic amines is 1. The van der Waals surface area contributed by atoms with Crippen LogP contribution < -0.4 is 5.69 Å². The minimum atomic E-state index is -0.272. The maximum absolute atomic E-state index is 12.3. The zero-order valence-corrected chi connectivity index (χ0v) is 14.8. The lowest BCUT2D eigenvalue weighted by atomic mass is 10.1. The number of aryl methyl sites for hydroxylation is 1. The highest BCUT2D eigenvalue weighted by Crippen LogP contribution is 2.17. The van der Waals surface area contributed by atoms with Gasteiger partial charge in [0.25, 0.3) is 0 Å². The average molecular weight is 353 g/mol. The Hall–Kier alpha value is -2.60. The zero-order chi connectivity index (χ0) is 17.6. The molecule has 0 aliphatic rings. The third kappa shape index (κ3) is 4.28. The number of thioether (sulfide) groups is 1. The smallest absolute Gasteiger partial charge is 0.293 e. The van der Waals surface area contributed by atoms with E-state index >= 15 is 0 Å². The van der Waals surface area contributed by atoms with Gasteiger partial charge in [0.05, 0.1) is 12.3 Å². The highest BCUT2D eigenvalue weighted by atomic mass is 32.2. The van der Waals surface area contributed by atoms with E-state index in [4.69, 9.17) is 0 Å². The Kier molecular flexibility index (Phi) is 5.50. The highest BCUT2D eigenvalue weighted by molar-refractivity contribution is 7.99. The summed E-state index contributed by atoms with van der Waals surface area (Å²) < 4.78 is 1.55. The molecule has 0 saturated carbocycles. The van der Waals surface area contributed by atoms with Crippen molar-refractivity contribution in [2.24, 2.45) is 0 Å². The summed E-state index contributed by atoms with van der Waals surface area (Å²) in [5.41, 5.74) is 2.62. The summed E-state index contributed by atoms with van der Waals surface area (Å²) in [6.45, 7) is 2.51. The molecule has 1 aromatic heterocycles. The first-order valence-electron chi connectivity index (χ1n) is 8.11. The van der Waals surface area contributed by atoms with Crippen LogP contribution in [0.3, 0.4) is 0 Å². The van der Waals surface area contributed by atoms with Crippen molar-refractivity contribution in [1.82, 2.24) is 14.8 Å². The van der Waals surface area contributed by atoms with Crippen LogP contribution in [0.4, 0.5) is 0 Å². The molecule has 1 N–H and O–H groups in total. The monoisotopic (exact) mass is 353 g/mol. The van der Waals surface area contributed by atoms with Crippen LogP contribution in [-0.2, 0) is 13.0 Å². The molecule has 5 nitrogen and oxygen atoms in total. The number of Topliss-reactive ketones (excluding diaryl/α,β-unsaturated/α-hetero) is 1. The topological polar surface area (TPSA) is 67.8 Å². The molecule has 0 spiro atoms. The number of carbonyl (C=O) groups is 1. The van der Waals surface area contributed by atoms with Crippen LogP contribution in [0.2, 0.25) is 0 Å². The van der Waals surface area contributed by atoms with Crippen molar-refractivity contribution in [2.45, 2.75) is 25.0 Å². The Bertz CT molecular complexity index is 898. The van der Waals surface area contributed by atoms with Gasteiger partial charge in [0.1, 0.15) is 0 Å². The lowest BCUT2D eigenvalue weighted by Crippen LogP contribution is -2.18. The molecule has 128 valence electrons. The molecular weight excluding hydrogens is 334 g/mol. The number of nitrogens with zero attached hydrogens (tertiary/aromatic N) is 2. The molecule has 0 saturated heterocycles. The Morgan fingerprint density at radius 1 is 1.08 bits per heavy atom. The second kappa shape index (κ2) is 7.98. The fourth-order valence-corrected chi connectivity index (χ4v) is 3.30. The van der Waals surface area contributed by atoms with Gasteiger partial charge in [-0.3, -0.25) is 9.36 Å². The first kappa shape index (κ1) is 17.2. The number of hydrogen-bond donors (Lipinski definition) is 1. The summed E-state index contributed by atoms with van der Waals surface area (Å²) in [5.74, 6) is 0.263. The van der Waals surface area contributed by atoms with Crippen molar-refractivity contribution in [1.29, 1.82) is 0 Å². The Morgan fingerprint density at radius 2 is 1.80 bits per heavy atom. The predicted molar refractivity (Wildman–Crippen MR) is 99.3 cm³/mol. The maximum Gasteiger partial charge on any atom is 0.344 e. The second-order valence-corrected chi connectivity index (χ2v) is 6.59. The number of H-pyrrole nitrogens is 1. The van der Waals surface area contributed by atoms with E-state index in [1.165, 1.54) is 17.3 Å². The van der Waals surface area contributed by atoms with Crippen LogP contribution >= 0.6 is 11.8 Å². The predicted octanol–water partition coefficient (Wildman–Crippen LogP) is 3.16. The summed E-state index contributed by atoms with van der Waals surface area (Å²) in [7, 11) is 0. The lowest BCUT2D eigenvalue weighted by Gasteiger charge is -2.06. The quantitative estimate of drug-likeness (QED) is 0.523. The van der Waals surface area contributed by atoms with Crippen LogP contribution in [0.1, 0.15) is 28.4 Å². The molecule has 0 radical (unpaired) electrons. The second-order valence-electron chi connectivity index (χ2n) is 5.65. The number of hydrogen-bond acceptors (Lipinski definition) is 4. The van der Waals surface area contributed by atoms with Gasteiger partial charge in [0.2, 0.25) is 0 Å². The van der Waals surface area contributed by atoms with Crippen LogP contribution in [0, 0.1) is 0 Å². The zero-order valence-electron chi connectivity index (χ0n) is 13.9. The Balaban J connectivity index is 1.69. The van der Waals surface area contributed by atoms with Gasteiger partial charge in [-0.15, -0.1) is 5.10 Å². The van der Waals surface area contributed by atoms with E-state index in [1.54, 1.807) is 4.57 Å². The molecule has 3 aromatic rings. The normalized spacial score (nSPS) is 10.8. The molecule has 0 unspecified atom stereocenters. The molecule has 0 aliphatic heterocycles. The van der Waals surface area contributed by atoms with Gasteiger partial charge in [-0.2, -0.15) is 0 Å². The van der Waals surface area contributed by atoms with Gasteiger partial charge in [0, 0.05) is 5.56 Å². The van der Waals surface area contributed by atoms with Crippen LogP contribution in [-0.4, -0.2) is 26.3 Å². The van der Waals surface area contributed by atoms with E-state index in [9.17, 15) is 9.59 Å². The van der Waals surface area contributed by atoms with Gasteiger partial charge in [-0.25, -0.2) is 9.89 Å². The molecule has 2 aromatic carbocycles. The molecule has 0 amide bonds. The van der Waals surface area contributed by atoms with Gasteiger partial charge >= 0.3 is 5.69 Å². The largest absolute Gasteiger partial charge is 0.344 e. The van der Waals surface area contributed by atoms with E-state index in [2.05, 4.69) is 17.1 Å². The van der Waals surface area contributed by atoms with Crippen molar-refractivity contribution < 1.29 is 4.79 Å². The number of nitrogens with one attached hydrogen (secondary N) is 1. The Labute approximate surface area is 150 Å². The molecular formula is C19H19N3O2S. The number of ketones is 1. The van der Waals surface area contributed by atoms with E-state index in [0.29, 0.717) is 17.3 Å². The molecule has 3 rings (SSSR count). The molecule has 25 heavy (non-hydrogen) atoms. The third-order valence-corrected chi connectivity index (χ3v) is 4.90. The van der Waals surface area contributed by atoms with Gasteiger partial charge in [0.15, 0.2) is 10.9 Å². The van der Waals surface area contributed by atoms with E-state index in [-0.39, 0.29) is 17.2 Å². The highest BCUT2D eigenvalue weighted by Gasteiger charge is 2.13. The standard InChI is InChI=1S/C19H19N3O2S/c1-2-14-8-10-16(11-9-14)17(23)13-25-19-21-20-18(24)22(19)12-15-6-4-3-5-7-15/h3-11H,2,12-13H2,1H3,(H,20,24). The van der Waals surface area contributed by atoms with E-state index in [0.717, 1.165) is 12.0 Å².